The first-order valence-corrected chi connectivity index (χ1v) is 7.17. The van der Waals surface area contributed by atoms with Gasteiger partial charge in [-0.1, -0.05) is 30.6 Å². The summed E-state index contributed by atoms with van der Waals surface area (Å²) in [4.78, 5) is 16.5. The molecule has 2 aromatic heterocycles. The number of thiophene rings is 1. The SMILES string of the molecule is CC(C)c1noc(CCNC(=O)c2sccc2Cl)n1. The van der Waals surface area contributed by atoms with E-state index in [4.69, 9.17) is 16.1 Å². The van der Waals surface area contributed by atoms with E-state index >= 15 is 0 Å². The second-order valence-corrected chi connectivity index (χ2v) is 5.63. The van der Waals surface area contributed by atoms with E-state index in [1.807, 2.05) is 13.8 Å². The van der Waals surface area contributed by atoms with Gasteiger partial charge in [-0.25, -0.2) is 0 Å². The lowest BCUT2D eigenvalue weighted by Crippen LogP contribution is -2.25. The zero-order valence-electron chi connectivity index (χ0n) is 10.6. The normalized spacial score (nSPS) is 10.9. The van der Waals surface area contributed by atoms with Gasteiger partial charge in [0.15, 0.2) is 5.82 Å². The molecule has 0 radical (unpaired) electrons. The molecule has 7 heteroatoms. The zero-order chi connectivity index (χ0) is 13.8. The molecule has 0 atom stereocenters. The van der Waals surface area contributed by atoms with Gasteiger partial charge in [-0.15, -0.1) is 11.3 Å². The average molecular weight is 300 g/mol. The van der Waals surface area contributed by atoms with Gasteiger partial charge < -0.3 is 9.84 Å². The Morgan fingerprint density at radius 2 is 2.37 bits per heavy atom. The van der Waals surface area contributed by atoms with Crippen LogP contribution in [0.25, 0.3) is 0 Å². The first kappa shape index (κ1) is 14.0. The molecule has 0 saturated heterocycles. The minimum Gasteiger partial charge on any atom is -0.351 e. The molecule has 19 heavy (non-hydrogen) atoms. The van der Waals surface area contributed by atoms with Gasteiger partial charge in [-0.3, -0.25) is 4.79 Å². The van der Waals surface area contributed by atoms with Crippen LogP contribution >= 0.6 is 22.9 Å². The maximum atomic E-state index is 11.8. The lowest BCUT2D eigenvalue weighted by molar-refractivity contribution is 0.0957. The molecular formula is C12H14ClN3O2S. The number of carbonyl (C=O) groups is 1. The molecule has 0 aromatic carbocycles. The number of halogens is 1. The van der Waals surface area contributed by atoms with Gasteiger partial charge >= 0.3 is 0 Å². The topological polar surface area (TPSA) is 68.0 Å². The van der Waals surface area contributed by atoms with Crippen molar-refractivity contribution in [3.8, 4) is 0 Å². The molecule has 5 nitrogen and oxygen atoms in total. The summed E-state index contributed by atoms with van der Waals surface area (Å²) in [6.45, 7) is 4.43. The van der Waals surface area contributed by atoms with Crippen molar-refractivity contribution >= 4 is 28.8 Å². The number of aromatic nitrogens is 2. The van der Waals surface area contributed by atoms with Crippen molar-refractivity contribution in [1.82, 2.24) is 15.5 Å². The Morgan fingerprint density at radius 1 is 1.58 bits per heavy atom. The number of hydrogen-bond donors (Lipinski definition) is 1. The summed E-state index contributed by atoms with van der Waals surface area (Å²) in [6.07, 6.45) is 0.508. The van der Waals surface area contributed by atoms with Crippen LogP contribution in [0.15, 0.2) is 16.0 Å². The summed E-state index contributed by atoms with van der Waals surface area (Å²) >= 11 is 7.19. The van der Waals surface area contributed by atoms with E-state index in [-0.39, 0.29) is 11.8 Å². The van der Waals surface area contributed by atoms with Gasteiger partial charge in [0, 0.05) is 18.9 Å². The molecule has 0 unspecified atom stereocenters. The van der Waals surface area contributed by atoms with Crippen molar-refractivity contribution in [2.75, 3.05) is 6.54 Å². The van der Waals surface area contributed by atoms with Crippen LogP contribution in [0, 0.1) is 0 Å². The molecule has 0 spiro atoms. The van der Waals surface area contributed by atoms with Crippen LogP contribution in [0.3, 0.4) is 0 Å². The number of amides is 1. The Morgan fingerprint density at radius 3 is 2.95 bits per heavy atom. The highest BCUT2D eigenvalue weighted by Gasteiger charge is 2.13. The van der Waals surface area contributed by atoms with Gasteiger partial charge in [0.2, 0.25) is 5.89 Å². The van der Waals surface area contributed by atoms with Crippen molar-refractivity contribution in [3.05, 3.63) is 33.1 Å². The van der Waals surface area contributed by atoms with Gasteiger partial charge in [-0.2, -0.15) is 4.98 Å². The molecule has 0 saturated carbocycles. The van der Waals surface area contributed by atoms with Gasteiger partial charge in [0.05, 0.1) is 5.02 Å². The molecular weight excluding hydrogens is 286 g/mol. The minimum atomic E-state index is -0.177. The van der Waals surface area contributed by atoms with Crippen LogP contribution in [0.2, 0.25) is 5.02 Å². The lowest BCUT2D eigenvalue weighted by Gasteiger charge is -2.01. The highest BCUT2D eigenvalue weighted by Crippen LogP contribution is 2.21. The standard InChI is InChI=1S/C12H14ClN3O2S/c1-7(2)11-15-9(18-16-11)3-5-14-12(17)10-8(13)4-6-19-10/h4,6-7H,3,5H2,1-2H3,(H,14,17). The van der Waals surface area contributed by atoms with E-state index in [9.17, 15) is 4.79 Å². The largest absolute Gasteiger partial charge is 0.351 e. The van der Waals surface area contributed by atoms with Crippen molar-refractivity contribution in [1.29, 1.82) is 0 Å². The molecule has 0 aliphatic rings. The monoisotopic (exact) mass is 299 g/mol. The van der Waals surface area contributed by atoms with Crippen LogP contribution in [-0.4, -0.2) is 22.6 Å². The molecule has 2 rings (SSSR count). The van der Waals surface area contributed by atoms with E-state index < -0.39 is 0 Å². The Hall–Kier alpha value is -1.40. The number of carbonyl (C=O) groups excluding carboxylic acids is 1. The van der Waals surface area contributed by atoms with Crippen LogP contribution in [0.1, 0.15) is 41.2 Å². The van der Waals surface area contributed by atoms with Crippen molar-refractivity contribution in [2.24, 2.45) is 0 Å². The number of nitrogens with zero attached hydrogens (tertiary/aromatic N) is 2. The Bertz CT molecular complexity index is 565. The van der Waals surface area contributed by atoms with Crippen molar-refractivity contribution < 1.29 is 9.32 Å². The second-order valence-electron chi connectivity index (χ2n) is 4.30. The minimum absolute atomic E-state index is 0.177. The predicted octanol–water partition coefficient (Wildman–Crippen LogP) is 2.88. The van der Waals surface area contributed by atoms with Crippen LogP contribution < -0.4 is 5.32 Å². The predicted molar refractivity (Wildman–Crippen MR) is 73.8 cm³/mol. The van der Waals surface area contributed by atoms with E-state index in [2.05, 4.69) is 15.5 Å². The number of hydrogen-bond acceptors (Lipinski definition) is 5. The van der Waals surface area contributed by atoms with Crippen LogP contribution in [0.5, 0.6) is 0 Å². The third-order valence-corrected chi connectivity index (χ3v) is 3.79. The van der Waals surface area contributed by atoms with E-state index in [1.165, 1.54) is 11.3 Å². The van der Waals surface area contributed by atoms with E-state index in [0.717, 1.165) is 0 Å². The molecule has 0 bridgehead atoms. The number of nitrogens with one attached hydrogen (secondary N) is 1. The second kappa shape index (κ2) is 6.16. The maximum Gasteiger partial charge on any atom is 0.262 e. The summed E-state index contributed by atoms with van der Waals surface area (Å²) in [5, 5.41) is 8.89. The van der Waals surface area contributed by atoms with Gasteiger partial charge in [-0.05, 0) is 11.4 Å². The fourth-order valence-electron chi connectivity index (χ4n) is 1.42. The summed E-state index contributed by atoms with van der Waals surface area (Å²) in [5.74, 6) is 1.27. The smallest absolute Gasteiger partial charge is 0.262 e. The zero-order valence-corrected chi connectivity index (χ0v) is 12.2. The summed E-state index contributed by atoms with van der Waals surface area (Å²) in [5.41, 5.74) is 0. The quantitative estimate of drug-likeness (QED) is 0.922. The van der Waals surface area contributed by atoms with Crippen LogP contribution in [-0.2, 0) is 6.42 Å². The highest BCUT2D eigenvalue weighted by molar-refractivity contribution is 7.12. The first-order chi connectivity index (χ1) is 9.08. The molecule has 2 heterocycles. The Labute approximate surface area is 120 Å². The third kappa shape index (κ3) is 3.54. The van der Waals surface area contributed by atoms with Gasteiger partial charge in [0.1, 0.15) is 4.88 Å². The third-order valence-electron chi connectivity index (χ3n) is 2.45. The molecule has 0 aliphatic carbocycles. The van der Waals surface area contributed by atoms with E-state index in [1.54, 1.807) is 11.4 Å². The Kier molecular flexibility index (Phi) is 4.55. The average Bonchev–Trinajstić information content (AvgIpc) is 2.97. The summed E-state index contributed by atoms with van der Waals surface area (Å²) in [6, 6.07) is 1.70. The fraction of sp³-hybridized carbons (Fsp3) is 0.417. The molecule has 1 amide bonds. The lowest BCUT2D eigenvalue weighted by atomic mass is 10.2. The van der Waals surface area contributed by atoms with Crippen molar-refractivity contribution in [2.45, 2.75) is 26.2 Å². The number of rotatable bonds is 5. The molecule has 102 valence electrons. The first-order valence-electron chi connectivity index (χ1n) is 5.91. The Balaban J connectivity index is 1.83. The van der Waals surface area contributed by atoms with Crippen molar-refractivity contribution in [3.63, 3.8) is 0 Å². The van der Waals surface area contributed by atoms with Gasteiger partial charge in [0.25, 0.3) is 5.91 Å². The maximum absolute atomic E-state index is 11.8. The molecule has 1 N–H and O–H groups in total. The summed E-state index contributed by atoms with van der Waals surface area (Å²) in [7, 11) is 0. The molecule has 0 fully saturated rings. The van der Waals surface area contributed by atoms with Crippen LogP contribution in [0.4, 0.5) is 0 Å². The summed E-state index contributed by atoms with van der Waals surface area (Å²) < 4.78 is 5.09. The highest BCUT2D eigenvalue weighted by atomic mass is 35.5. The molecule has 0 aliphatic heterocycles. The fourth-order valence-corrected chi connectivity index (χ4v) is 2.48. The molecule has 2 aromatic rings. The van der Waals surface area contributed by atoms with E-state index in [0.29, 0.717) is 34.6 Å².